The molecule has 2 N–H and O–H groups in total. The molecule has 0 aliphatic heterocycles. The van der Waals surface area contributed by atoms with Crippen LogP contribution in [0.4, 0.5) is 0 Å². The molecule has 0 unspecified atom stereocenters. The van der Waals surface area contributed by atoms with Crippen LogP contribution in [0.2, 0.25) is 0 Å². The summed E-state index contributed by atoms with van der Waals surface area (Å²) in [5, 5.41) is 19.9. The van der Waals surface area contributed by atoms with Crippen LogP contribution in [-0.2, 0) is 0 Å². The average Bonchev–Trinajstić information content (AvgIpc) is 3.61. The third kappa shape index (κ3) is 5.88. The van der Waals surface area contributed by atoms with Crippen molar-refractivity contribution in [2.24, 2.45) is 0 Å². The van der Waals surface area contributed by atoms with Gasteiger partial charge in [0, 0.05) is 11.1 Å². The molecule has 0 amide bonds. The highest BCUT2D eigenvalue weighted by atomic mass is 16.3. The molecule has 1 heterocycles. The van der Waals surface area contributed by atoms with E-state index in [2.05, 4.69) is 78.9 Å². The minimum Gasteiger partial charge on any atom is -0.436 e. The zero-order valence-corrected chi connectivity index (χ0v) is 26.6. The van der Waals surface area contributed by atoms with Gasteiger partial charge in [0.2, 0.25) is 5.89 Å². The zero-order chi connectivity index (χ0) is 33.2. The molecule has 4 heteroatoms. The maximum atomic E-state index is 9.05. The molecular formula is C45H31N3O. The van der Waals surface area contributed by atoms with Crippen molar-refractivity contribution >= 4 is 33.3 Å². The summed E-state index contributed by atoms with van der Waals surface area (Å²) in [6.45, 7) is 0. The Kier molecular flexibility index (Phi) is 7.80. The lowest BCUT2D eigenvalue weighted by molar-refractivity contribution is 0.620. The van der Waals surface area contributed by atoms with E-state index in [4.69, 9.17) is 20.2 Å². The van der Waals surface area contributed by atoms with E-state index < -0.39 is 0 Å². The molecule has 7 aromatic carbocycles. The lowest BCUT2D eigenvalue weighted by atomic mass is 9.86. The van der Waals surface area contributed by atoms with Gasteiger partial charge in [-0.05, 0) is 86.1 Å². The number of aromatic nitrogens is 1. The predicted molar refractivity (Wildman–Crippen MR) is 202 cm³/mol. The summed E-state index contributed by atoms with van der Waals surface area (Å²) in [5.74, 6) is 0.616. The monoisotopic (exact) mass is 629 g/mol. The van der Waals surface area contributed by atoms with Gasteiger partial charge in [-0.3, -0.25) is 0 Å². The van der Waals surface area contributed by atoms with E-state index in [1.807, 2.05) is 84.9 Å². The van der Waals surface area contributed by atoms with Gasteiger partial charge in [0.25, 0.3) is 0 Å². The second-order valence-electron chi connectivity index (χ2n) is 11.9. The van der Waals surface area contributed by atoms with Gasteiger partial charge in [-0.1, -0.05) is 140 Å². The maximum absolute atomic E-state index is 9.05. The highest BCUT2D eigenvalue weighted by molar-refractivity contribution is 6.17. The molecule has 0 aliphatic carbocycles. The van der Waals surface area contributed by atoms with E-state index >= 15 is 0 Å². The van der Waals surface area contributed by atoms with E-state index in [0.29, 0.717) is 17.3 Å². The van der Waals surface area contributed by atoms with E-state index in [0.717, 1.165) is 71.9 Å². The molecule has 0 atom stereocenters. The van der Waals surface area contributed by atoms with E-state index in [-0.39, 0.29) is 0 Å². The van der Waals surface area contributed by atoms with Crippen molar-refractivity contribution in [3.05, 3.63) is 187 Å². The van der Waals surface area contributed by atoms with Crippen LogP contribution in [-0.4, -0.2) is 16.4 Å². The Morgan fingerprint density at radius 3 is 1.98 bits per heavy atom. The van der Waals surface area contributed by atoms with Gasteiger partial charge in [0.1, 0.15) is 5.52 Å². The summed E-state index contributed by atoms with van der Waals surface area (Å²) in [7, 11) is 0. The third-order valence-electron chi connectivity index (χ3n) is 8.85. The molecule has 0 aliphatic rings. The Balaban J connectivity index is 1.17. The van der Waals surface area contributed by atoms with E-state index in [9.17, 15) is 0 Å². The molecule has 8 aromatic rings. The number of nitrogens with zero attached hydrogens (tertiary/aromatic N) is 1. The quantitative estimate of drug-likeness (QED) is 0.164. The lowest BCUT2D eigenvalue weighted by Gasteiger charge is -2.17. The first kappa shape index (κ1) is 29.7. The largest absolute Gasteiger partial charge is 0.436 e. The van der Waals surface area contributed by atoms with Crippen LogP contribution < -0.4 is 0 Å². The number of fused-ring (bicyclic) bond motifs is 2. The molecule has 0 radical (unpaired) electrons. The summed E-state index contributed by atoms with van der Waals surface area (Å²) in [6, 6.07) is 55.2. The number of rotatable bonds is 8. The molecule has 0 spiro atoms. The summed E-state index contributed by atoms with van der Waals surface area (Å²) < 4.78 is 6.16. The normalized spacial score (nSPS) is 11.3. The molecule has 232 valence electrons. The molecule has 4 nitrogen and oxygen atoms in total. The van der Waals surface area contributed by atoms with Crippen molar-refractivity contribution in [2.75, 3.05) is 0 Å². The second kappa shape index (κ2) is 12.9. The third-order valence-corrected chi connectivity index (χ3v) is 8.85. The van der Waals surface area contributed by atoms with Crippen LogP contribution in [0, 0.1) is 10.8 Å². The lowest BCUT2D eigenvalue weighted by Crippen LogP contribution is -2.01. The van der Waals surface area contributed by atoms with Gasteiger partial charge < -0.3 is 15.2 Å². The fourth-order valence-corrected chi connectivity index (χ4v) is 6.37. The number of oxazole rings is 1. The molecule has 0 saturated carbocycles. The number of nitrogens with one attached hydrogen (secondary N) is 2. The minimum atomic E-state index is 0.351. The molecule has 0 saturated heterocycles. The Labute approximate surface area is 284 Å². The standard InChI is InChI=1S/C45H31N3O/c46-40(32-12-3-1-4-13-32)26-27-41(47)38-18-10-9-17-37(38)39-25-23-31-11-7-8-16-36(31)44(39)33-21-19-30(20-22-33)35-24-28-42-43(29-35)49-45(48-42)34-14-5-2-6-15-34/h1-29,46-47H/b27-26-,46-40?,47-41?. The molecule has 8 rings (SSSR count). The fourth-order valence-electron chi connectivity index (χ4n) is 6.37. The number of benzene rings is 7. The number of hydrogen-bond acceptors (Lipinski definition) is 4. The van der Waals surface area contributed by atoms with Crippen LogP contribution >= 0.6 is 0 Å². The summed E-state index contributed by atoms with van der Waals surface area (Å²) in [4.78, 5) is 4.70. The van der Waals surface area contributed by atoms with Crippen molar-refractivity contribution in [3.8, 4) is 44.8 Å². The topological polar surface area (TPSA) is 73.7 Å². The number of hydrogen-bond donors (Lipinski definition) is 2. The van der Waals surface area contributed by atoms with Crippen molar-refractivity contribution in [2.45, 2.75) is 0 Å². The van der Waals surface area contributed by atoms with Crippen molar-refractivity contribution < 1.29 is 4.42 Å². The second-order valence-corrected chi connectivity index (χ2v) is 11.9. The first-order valence-electron chi connectivity index (χ1n) is 16.2. The SMILES string of the molecule is N=C(/C=C\C(=N)c1ccccc1-c1ccc2ccccc2c1-c1ccc(-c2ccc3nc(-c4ccccc4)oc3c2)cc1)c1ccccc1. The van der Waals surface area contributed by atoms with Crippen molar-refractivity contribution in [1.82, 2.24) is 4.98 Å². The van der Waals surface area contributed by atoms with Crippen LogP contribution in [0.25, 0.3) is 66.7 Å². The first-order valence-corrected chi connectivity index (χ1v) is 16.2. The molecule has 0 bridgehead atoms. The predicted octanol–water partition coefficient (Wildman–Crippen LogP) is 11.6. The molecular weight excluding hydrogens is 599 g/mol. The van der Waals surface area contributed by atoms with Gasteiger partial charge in [0.15, 0.2) is 5.58 Å². The highest BCUT2D eigenvalue weighted by Crippen LogP contribution is 2.40. The molecule has 0 fully saturated rings. The fraction of sp³-hybridized carbons (Fsp3) is 0. The molecule has 1 aromatic heterocycles. The molecule has 49 heavy (non-hydrogen) atoms. The van der Waals surface area contributed by atoms with Crippen LogP contribution in [0.15, 0.2) is 180 Å². The van der Waals surface area contributed by atoms with Crippen LogP contribution in [0.5, 0.6) is 0 Å². The van der Waals surface area contributed by atoms with Crippen LogP contribution in [0.3, 0.4) is 0 Å². The first-order chi connectivity index (χ1) is 24.1. The Hall–Kier alpha value is -6.65. The number of allylic oxidation sites excluding steroid dienone is 2. The summed E-state index contributed by atoms with van der Waals surface area (Å²) >= 11 is 0. The maximum Gasteiger partial charge on any atom is 0.227 e. The highest BCUT2D eigenvalue weighted by Gasteiger charge is 2.16. The van der Waals surface area contributed by atoms with Crippen LogP contribution in [0.1, 0.15) is 11.1 Å². The van der Waals surface area contributed by atoms with Gasteiger partial charge in [-0.25, -0.2) is 4.98 Å². The van der Waals surface area contributed by atoms with E-state index in [1.165, 1.54) is 0 Å². The van der Waals surface area contributed by atoms with E-state index in [1.54, 1.807) is 12.2 Å². The van der Waals surface area contributed by atoms with Gasteiger partial charge in [-0.2, -0.15) is 0 Å². The average molecular weight is 630 g/mol. The Morgan fingerprint density at radius 1 is 0.510 bits per heavy atom. The van der Waals surface area contributed by atoms with Crippen molar-refractivity contribution in [3.63, 3.8) is 0 Å². The Bertz CT molecular complexity index is 2510. The minimum absolute atomic E-state index is 0.351. The smallest absolute Gasteiger partial charge is 0.227 e. The van der Waals surface area contributed by atoms with Gasteiger partial charge >= 0.3 is 0 Å². The van der Waals surface area contributed by atoms with Crippen molar-refractivity contribution in [1.29, 1.82) is 10.8 Å². The van der Waals surface area contributed by atoms with Gasteiger partial charge in [-0.15, -0.1) is 0 Å². The van der Waals surface area contributed by atoms with Gasteiger partial charge in [0.05, 0.1) is 11.4 Å². The Morgan fingerprint density at radius 2 is 1.16 bits per heavy atom. The summed E-state index contributed by atoms with van der Waals surface area (Å²) in [6.07, 6.45) is 3.42. The zero-order valence-electron chi connectivity index (χ0n) is 26.6. The summed E-state index contributed by atoms with van der Waals surface area (Å²) in [5.41, 5.74) is 11.2.